The average molecular weight is 300 g/mol. The quantitative estimate of drug-likeness (QED) is 0.798. The van der Waals surface area contributed by atoms with Crippen LogP contribution in [0.1, 0.15) is 5.56 Å². The molecule has 1 aromatic heterocycles. The molecule has 0 fully saturated rings. The van der Waals surface area contributed by atoms with Crippen LogP contribution in [0, 0.1) is 0 Å². The number of aromatic nitrogens is 2. The van der Waals surface area contributed by atoms with Crippen LogP contribution >= 0.6 is 7.14 Å². The van der Waals surface area contributed by atoms with Crippen molar-refractivity contribution in [3.63, 3.8) is 0 Å². The van der Waals surface area contributed by atoms with E-state index in [4.69, 9.17) is 0 Å². The van der Waals surface area contributed by atoms with Crippen LogP contribution in [0.2, 0.25) is 0 Å². The Morgan fingerprint density at radius 3 is 1.90 bits per heavy atom. The van der Waals surface area contributed by atoms with Crippen molar-refractivity contribution in [1.29, 1.82) is 0 Å². The van der Waals surface area contributed by atoms with E-state index in [0.29, 0.717) is 10.9 Å². The number of halogens is 3. The molecule has 0 spiro atoms. The second-order valence-corrected chi connectivity index (χ2v) is 7.91. The Morgan fingerprint density at radius 1 is 1.00 bits per heavy atom. The molecular formula is C13H12F3N2OP. The largest absolute Gasteiger partial charge is 0.419 e. The van der Waals surface area contributed by atoms with Crippen molar-refractivity contribution in [2.45, 2.75) is 6.18 Å². The average Bonchev–Trinajstić information content (AvgIpc) is 2.37. The lowest BCUT2D eigenvalue weighted by Gasteiger charge is -2.08. The Balaban J connectivity index is 2.31. The summed E-state index contributed by atoms with van der Waals surface area (Å²) in [5.41, 5.74) is -0.305. The molecule has 3 nitrogen and oxygen atoms in total. The van der Waals surface area contributed by atoms with Gasteiger partial charge in [-0.15, -0.1) is 0 Å². The fourth-order valence-corrected chi connectivity index (χ4v) is 2.46. The van der Waals surface area contributed by atoms with Gasteiger partial charge in [0.2, 0.25) is 0 Å². The van der Waals surface area contributed by atoms with Crippen LogP contribution in [0.5, 0.6) is 0 Å². The van der Waals surface area contributed by atoms with Crippen LogP contribution in [-0.2, 0) is 10.7 Å². The van der Waals surface area contributed by atoms with Gasteiger partial charge in [-0.1, -0.05) is 24.3 Å². The maximum atomic E-state index is 12.4. The van der Waals surface area contributed by atoms with Gasteiger partial charge < -0.3 is 4.57 Å². The third-order valence-corrected chi connectivity index (χ3v) is 4.27. The highest BCUT2D eigenvalue weighted by Crippen LogP contribution is 2.35. The van der Waals surface area contributed by atoms with Gasteiger partial charge in [0.1, 0.15) is 7.14 Å². The van der Waals surface area contributed by atoms with E-state index in [0.717, 1.165) is 12.4 Å². The van der Waals surface area contributed by atoms with Crippen molar-refractivity contribution >= 4 is 12.4 Å². The third kappa shape index (κ3) is 3.25. The molecular weight excluding hydrogens is 288 g/mol. The van der Waals surface area contributed by atoms with Crippen LogP contribution < -0.4 is 5.30 Å². The summed E-state index contributed by atoms with van der Waals surface area (Å²) < 4.78 is 49.0. The maximum absolute atomic E-state index is 12.4. The Morgan fingerprint density at radius 2 is 1.50 bits per heavy atom. The lowest BCUT2D eigenvalue weighted by molar-refractivity contribution is -0.138. The Hall–Kier alpha value is -1.68. The Kier molecular flexibility index (Phi) is 3.69. The van der Waals surface area contributed by atoms with Crippen molar-refractivity contribution < 1.29 is 17.7 Å². The lowest BCUT2D eigenvalue weighted by Crippen LogP contribution is -2.07. The fraction of sp³-hybridized carbons (Fsp3) is 0.231. The normalized spacial score (nSPS) is 12.4. The lowest BCUT2D eigenvalue weighted by atomic mass is 10.2. The van der Waals surface area contributed by atoms with Crippen LogP contribution in [0.25, 0.3) is 11.4 Å². The van der Waals surface area contributed by atoms with Gasteiger partial charge >= 0.3 is 6.18 Å². The molecule has 0 aliphatic rings. The predicted molar refractivity (Wildman–Crippen MR) is 71.6 cm³/mol. The van der Waals surface area contributed by atoms with E-state index >= 15 is 0 Å². The summed E-state index contributed by atoms with van der Waals surface area (Å²) in [7, 11) is -2.35. The second kappa shape index (κ2) is 5.02. The first-order valence-corrected chi connectivity index (χ1v) is 8.33. The first kappa shape index (κ1) is 14.7. The molecule has 0 unspecified atom stereocenters. The molecule has 2 rings (SSSR count). The summed E-state index contributed by atoms with van der Waals surface area (Å²) in [5, 5.41) is 0.702. The molecule has 0 bridgehead atoms. The molecule has 2 aromatic rings. The molecule has 1 heterocycles. The highest BCUT2D eigenvalue weighted by molar-refractivity contribution is 7.70. The van der Waals surface area contributed by atoms with Crippen molar-refractivity contribution in [2.75, 3.05) is 13.3 Å². The van der Waals surface area contributed by atoms with Crippen LogP contribution in [0.15, 0.2) is 36.7 Å². The number of benzene rings is 1. The summed E-state index contributed by atoms with van der Waals surface area (Å²) in [6, 6.07) is 6.66. The van der Waals surface area contributed by atoms with Gasteiger partial charge in [0.15, 0.2) is 5.82 Å². The predicted octanol–water partition coefficient (Wildman–Crippen LogP) is 3.41. The van der Waals surface area contributed by atoms with E-state index in [1.165, 1.54) is 0 Å². The first-order valence-electron chi connectivity index (χ1n) is 5.73. The Labute approximate surface area is 114 Å². The van der Waals surface area contributed by atoms with Gasteiger partial charge in [-0.05, 0) is 13.3 Å². The summed E-state index contributed by atoms with van der Waals surface area (Å²) in [4.78, 5) is 7.41. The zero-order chi connectivity index (χ0) is 15.0. The van der Waals surface area contributed by atoms with Gasteiger partial charge in [-0.25, -0.2) is 9.97 Å². The zero-order valence-corrected chi connectivity index (χ0v) is 11.7. The topological polar surface area (TPSA) is 42.9 Å². The van der Waals surface area contributed by atoms with Gasteiger partial charge in [0.25, 0.3) is 0 Å². The van der Waals surface area contributed by atoms with Crippen LogP contribution in [-0.4, -0.2) is 23.3 Å². The minimum atomic E-state index is -4.44. The summed E-state index contributed by atoms with van der Waals surface area (Å²) in [5.74, 6) is 0.201. The summed E-state index contributed by atoms with van der Waals surface area (Å²) >= 11 is 0. The van der Waals surface area contributed by atoms with E-state index in [-0.39, 0.29) is 5.82 Å². The molecule has 7 heteroatoms. The number of nitrogens with zero attached hydrogens (tertiary/aromatic N) is 2. The number of hydrogen-bond acceptors (Lipinski definition) is 3. The molecule has 0 aliphatic heterocycles. The fourth-order valence-electron chi connectivity index (χ4n) is 1.59. The molecule has 0 aliphatic carbocycles. The van der Waals surface area contributed by atoms with Gasteiger partial charge in [-0.2, -0.15) is 13.2 Å². The molecule has 0 radical (unpaired) electrons. The molecule has 0 atom stereocenters. The number of alkyl halides is 3. The van der Waals surface area contributed by atoms with Gasteiger partial charge in [-0.3, -0.25) is 0 Å². The molecule has 0 amide bonds. The molecule has 0 saturated heterocycles. The minimum absolute atomic E-state index is 0.201. The molecule has 1 aromatic carbocycles. The van der Waals surface area contributed by atoms with Crippen LogP contribution in [0.3, 0.4) is 0 Å². The van der Waals surface area contributed by atoms with E-state index in [2.05, 4.69) is 9.97 Å². The van der Waals surface area contributed by atoms with Crippen molar-refractivity contribution in [3.05, 3.63) is 42.2 Å². The van der Waals surface area contributed by atoms with E-state index < -0.39 is 18.9 Å². The number of hydrogen-bond donors (Lipinski definition) is 0. The highest BCUT2D eigenvalue weighted by Gasteiger charge is 2.31. The zero-order valence-electron chi connectivity index (χ0n) is 10.8. The standard InChI is InChI=1S/C13H12F3N2OP/c1-20(2,19)11-5-3-9(4-6-11)12-17-7-10(8-18-12)13(14,15)16/h3-8H,1-2H3. The monoisotopic (exact) mass is 300 g/mol. The molecule has 106 valence electrons. The number of rotatable bonds is 2. The summed E-state index contributed by atoms with van der Waals surface area (Å²) in [6.45, 7) is 3.30. The van der Waals surface area contributed by atoms with E-state index in [1.54, 1.807) is 37.6 Å². The van der Waals surface area contributed by atoms with E-state index in [9.17, 15) is 17.7 Å². The smallest absolute Gasteiger partial charge is 0.319 e. The third-order valence-electron chi connectivity index (χ3n) is 2.73. The molecule has 20 heavy (non-hydrogen) atoms. The summed E-state index contributed by atoms with van der Waals surface area (Å²) in [6.07, 6.45) is -2.94. The van der Waals surface area contributed by atoms with Crippen molar-refractivity contribution in [1.82, 2.24) is 9.97 Å². The minimum Gasteiger partial charge on any atom is -0.319 e. The van der Waals surface area contributed by atoms with Gasteiger partial charge in [0, 0.05) is 23.3 Å². The van der Waals surface area contributed by atoms with Crippen LogP contribution in [0.4, 0.5) is 13.2 Å². The molecule has 0 N–H and O–H groups in total. The SMILES string of the molecule is CP(C)(=O)c1ccc(-c2ncc(C(F)(F)F)cn2)cc1. The Bertz CT molecular complexity index is 645. The van der Waals surface area contributed by atoms with Crippen molar-refractivity contribution in [3.8, 4) is 11.4 Å². The molecule has 0 saturated carbocycles. The van der Waals surface area contributed by atoms with Crippen molar-refractivity contribution in [2.24, 2.45) is 0 Å². The van der Waals surface area contributed by atoms with E-state index in [1.807, 2.05) is 0 Å². The maximum Gasteiger partial charge on any atom is 0.419 e. The second-order valence-electron chi connectivity index (χ2n) is 4.69. The first-order chi connectivity index (χ1) is 9.18. The van der Waals surface area contributed by atoms with Gasteiger partial charge in [0.05, 0.1) is 5.56 Å². The highest BCUT2D eigenvalue weighted by atomic mass is 31.2.